The van der Waals surface area contributed by atoms with Gasteiger partial charge in [-0.05, 0) is 6.42 Å². The van der Waals surface area contributed by atoms with E-state index in [2.05, 4.69) is 0 Å². The molecule has 1 atom stereocenters. The van der Waals surface area contributed by atoms with E-state index in [1.165, 1.54) is 16.3 Å². The number of ether oxygens (including phenoxy) is 1. The topological polar surface area (TPSA) is 55.5 Å². The maximum Gasteiger partial charge on any atom is 0.0895 e. The molecule has 10 heavy (non-hydrogen) atoms. The third kappa shape index (κ3) is 6.22. The van der Waals surface area contributed by atoms with Gasteiger partial charge >= 0.3 is 0 Å². The highest BCUT2D eigenvalue weighted by molar-refractivity contribution is 6.08. The molecule has 0 fully saturated rings. The van der Waals surface area contributed by atoms with E-state index >= 15 is 0 Å². The Kier molecular flexibility index (Phi) is 7.28. The number of aliphatic hydroxyl groups excluding tert-OH is 1. The predicted octanol–water partition coefficient (Wildman–Crippen LogP) is -1.50. The van der Waals surface area contributed by atoms with Gasteiger partial charge in [0.2, 0.25) is 0 Å². The Morgan fingerprint density at radius 2 is 2.30 bits per heavy atom. The second-order valence-corrected chi connectivity index (χ2v) is 3.32. The lowest BCUT2D eigenvalue weighted by Crippen LogP contribution is -2.25. The predicted molar refractivity (Wildman–Crippen MR) is 45.2 cm³/mol. The molecular weight excluding hydrogens is 146 g/mol. The second-order valence-electron chi connectivity index (χ2n) is 2.32. The minimum absolute atomic E-state index is 0.293. The fourth-order valence-electron chi connectivity index (χ4n) is 0.534. The molecule has 0 heterocycles. The van der Waals surface area contributed by atoms with Crippen LogP contribution >= 0.6 is 0 Å². The molecule has 1 unspecified atom stereocenters. The van der Waals surface area contributed by atoms with Crippen LogP contribution < -0.4 is 5.73 Å². The van der Waals surface area contributed by atoms with Crippen molar-refractivity contribution in [3.8, 4) is 0 Å². The van der Waals surface area contributed by atoms with Gasteiger partial charge in [-0.1, -0.05) is 6.04 Å². The zero-order chi connectivity index (χ0) is 7.82. The first-order valence-electron chi connectivity index (χ1n) is 3.77. The molecule has 62 valence electrons. The lowest BCUT2D eigenvalue weighted by molar-refractivity contribution is 0.0417. The van der Waals surface area contributed by atoms with Crippen molar-refractivity contribution < 1.29 is 9.84 Å². The summed E-state index contributed by atoms with van der Waals surface area (Å²) in [5.74, 6) is 0. The highest BCUT2D eigenvalue weighted by Gasteiger charge is 1.98. The first-order chi connectivity index (χ1) is 4.81. The molecule has 4 heteroatoms. The van der Waals surface area contributed by atoms with Gasteiger partial charge in [-0.15, -0.1) is 0 Å². The largest absolute Gasteiger partial charge is 0.389 e. The van der Waals surface area contributed by atoms with Gasteiger partial charge in [0.15, 0.2) is 0 Å². The molecular formula is C6H17NO2Si. The molecule has 3 nitrogen and oxygen atoms in total. The van der Waals surface area contributed by atoms with E-state index in [1.54, 1.807) is 0 Å². The molecule has 0 rings (SSSR count). The number of hydrogen-bond acceptors (Lipinski definition) is 3. The lowest BCUT2D eigenvalue weighted by atomic mass is 10.4. The van der Waals surface area contributed by atoms with E-state index in [9.17, 15) is 0 Å². The second kappa shape index (κ2) is 7.21. The van der Waals surface area contributed by atoms with Crippen LogP contribution in [-0.2, 0) is 4.74 Å². The first kappa shape index (κ1) is 10.1. The number of aliphatic hydroxyl groups is 1. The molecule has 0 saturated carbocycles. The van der Waals surface area contributed by atoms with Crippen LogP contribution in [0.5, 0.6) is 0 Å². The minimum atomic E-state index is -0.478. The number of hydrogen-bond donors (Lipinski definition) is 2. The van der Waals surface area contributed by atoms with Gasteiger partial charge in [0.1, 0.15) is 0 Å². The van der Waals surface area contributed by atoms with Gasteiger partial charge < -0.3 is 15.6 Å². The van der Waals surface area contributed by atoms with Gasteiger partial charge in [-0.25, -0.2) is 0 Å². The molecule has 0 amide bonds. The van der Waals surface area contributed by atoms with Crippen LogP contribution in [0.2, 0.25) is 6.04 Å². The summed E-state index contributed by atoms with van der Waals surface area (Å²) in [6, 6.07) is 1.26. The van der Waals surface area contributed by atoms with E-state index in [1.807, 2.05) is 0 Å². The smallest absolute Gasteiger partial charge is 0.0895 e. The van der Waals surface area contributed by atoms with Crippen molar-refractivity contribution in [2.45, 2.75) is 18.6 Å². The normalized spacial score (nSPS) is 13.8. The quantitative estimate of drug-likeness (QED) is 0.370. The third-order valence-corrected chi connectivity index (χ3v) is 1.93. The molecule has 0 spiro atoms. The number of nitrogens with two attached hydrogens (primary N) is 1. The maximum absolute atomic E-state index is 8.92. The Balaban J connectivity index is 2.89. The van der Waals surface area contributed by atoms with Crippen molar-refractivity contribution in [2.75, 3.05) is 19.8 Å². The van der Waals surface area contributed by atoms with E-state index < -0.39 is 6.10 Å². The summed E-state index contributed by atoms with van der Waals surface area (Å²) in [7, 11) is 1.24. The summed E-state index contributed by atoms with van der Waals surface area (Å²) in [5, 5.41) is 8.92. The van der Waals surface area contributed by atoms with Crippen molar-refractivity contribution in [3.63, 3.8) is 0 Å². The summed E-state index contributed by atoms with van der Waals surface area (Å²) in [6.45, 7) is 1.44. The highest BCUT2D eigenvalue weighted by Crippen LogP contribution is 1.88. The third-order valence-electron chi connectivity index (χ3n) is 1.22. The van der Waals surface area contributed by atoms with E-state index in [-0.39, 0.29) is 0 Å². The fraction of sp³-hybridized carbons (Fsp3) is 1.00. The first-order valence-corrected chi connectivity index (χ1v) is 5.18. The van der Waals surface area contributed by atoms with Crippen LogP contribution in [0.25, 0.3) is 0 Å². The van der Waals surface area contributed by atoms with Crippen LogP contribution in [0.1, 0.15) is 6.42 Å². The van der Waals surface area contributed by atoms with Crippen molar-refractivity contribution in [3.05, 3.63) is 0 Å². The van der Waals surface area contributed by atoms with Crippen molar-refractivity contribution in [1.82, 2.24) is 0 Å². The van der Waals surface area contributed by atoms with E-state index in [0.717, 1.165) is 13.0 Å². The lowest BCUT2D eigenvalue weighted by Gasteiger charge is -2.07. The van der Waals surface area contributed by atoms with Crippen LogP contribution in [0.4, 0.5) is 0 Å². The Hall–Kier alpha value is 0.0969. The Labute approximate surface area is 65.0 Å². The standard InChI is InChI=1S/C6H17NO2Si/c7-4-6(8)5-9-2-1-3-10/h6,8H,1-5,7H2,10H3. The molecule has 0 aromatic rings. The Morgan fingerprint density at radius 1 is 1.60 bits per heavy atom. The molecule has 0 aliphatic rings. The maximum atomic E-state index is 8.92. The van der Waals surface area contributed by atoms with Gasteiger partial charge in [0.05, 0.1) is 12.7 Å². The number of rotatable bonds is 6. The molecule has 0 radical (unpaired) electrons. The van der Waals surface area contributed by atoms with Gasteiger partial charge in [-0.2, -0.15) is 0 Å². The summed E-state index contributed by atoms with van der Waals surface area (Å²) in [6.07, 6.45) is 0.637. The van der Waals surface area contributed by atoms with Gasteiger partial charge in [-0.3, -0.25) is 0 Å². The SMILES string of the molecule is NCC(O)COCCC[SiH3]. The molecule has 0 bridgehead atoms. The molecule has 0 aliphatic carbocycles. The van der Waals surface area contributed by atoms with E-state index in [0.29, 0.717) is 13.2 Å². The van der Waals surface area contributed by atoms with Gasteiger partial charge in [0, 0.05) is 23.4 Å². The zero-order valence-corrected chi connectivity index (χ0v) is 8.55. The van der Waals surface area contributed by atoms with Crippen LogP contribution in [-0.4, -0.2) is 41.2 Å². The minimum Gasteiger partial charge on any atom is -0.389 e. The summed E-state index contributed by atoms with van der Waals surface area (Å²) >= 11 is 0. The monoisotopic (exact) mass is 163 g/mol. The molecule has 0 aliphatic heterocycles. The van der Waals surface area contributed by atoms with Crippen LogP contribution in [0, 0.1) is 0 Å². The Morgan fingerprint density at radius 3 is 2.80 bits per heavy atom. The average molecular weight is 163 g/mol. The molecule has 0 saturated heterocycles. The van der Waals surface area contributed by atoms with Crippen molar-refractivity contribution in [1.29, 1.82) is 0 Å². The molecule has 0 aromatic carbocycles. The summed E-state index contributed by atoms with van der Waals surface area (Å²) in [5.41, 5.74) is 5.16. The summed E-state index contributed by atoms with van der Waals surface area (Å²) < 4.78 is 5.12. The van der Waals surface area contributed by atoms with Crippen LogP contribution in [0.3, 0.4) is 0 Å². The van der Waals surface area contributed by atoms with Crippen LogP contribution in [0.15, 0.2) is 0 Å². The molecule has 0 aromatic heterocycles. The summed E-state index contributed by atoms with van der Waals surface area (Å²) in [4.78, 5) is 0. The zero-order valence-electron chi connectivity index (χ0n) is 6.55. The van der Waals surface area contributed by atoms with Crippen molar-refractivity contribution in [2.24, 2.45) is 5.73 Å². The highest BCUT2D eigenvalue weighted by atomic mass is 28.1. The fourth-order valence-corrected chi connectivity index (χ4v) is 0.822. The van der Waals surface area contributed by atoms with Crippen molar-refractivity contribution >= 4 is 10.2 Å². The van der Waals surface area contributed by atoms with Gasteiger partial charge in [0.25, 0.3) is 0 Å². The Bertz CT molecular complexity index is 72.8. The van der Waals surface area contributed by atoms with E-state index in [4.69, 9.17) is 15.6 Å². The average Bonchev–Trinajstić information content (AvgIpc) is 1.98. The molecule has 3 N–H and O–H groups in total.